The molecule has 1 heterocycles. The average Bonchev–Trinajstić information content (AvgIpc) is 2.76. The predicted octanol–water partition coefficient (Wildman–Crippen LogP) is 4.44. The molecule has 0 saturated carbocycles. The Hall–Kier alpha value is -0.580. The van der Waals surface area contributed by atoms with Crippen molar-refractivity contribution in [1.82, 2.24) is 5.32 Å². The zero-order valence-corrected chi connectivity index (χ0v) is 12.8. The van der Waals surface area contributed by atoms with Crippen LogP contribution >= 0.6 is 34.5 Å². The Kier molecular flexibility index (Phi) is 5.25. The van der Waals surface area contributed by atoms with Gasteiger partial charge in [0.05, 0.1) is 21.3 Å². The minimum atomic E-state index is -0.119. The summed E-state index contributed by atoms with van der Waals surface area (Å²) in [5, 5.41) is 12.9. The molecule has 0 amide bonds. The molecule has 2 N–H and O–H groups in total. The normalized spacial score (nSPS) is 14.3. The molecule has 0 aliphatic carbocycles. The summed E-state index contributed by atoms with van der Waals surface area (Å²) in [5.41, 5.74) is 2.01. The molecule has 1 aromatic carbocycles. The first kappa shape index (κ1) is 14.8. The van der Waals surface area contributed by atoms with Crippen molar-refractivity contribution < 1.29 is 5.11 Å². The molecule has 0 aliphatic rings. The van der Waals surface area contributed by atoms with E-state index >= 15 is 0 Å². The van der Waals surface area contributed by atoms with Crippen LogP contribution in [0.5, 0.6) is 0 Å². The highest BCUT2D eigenvalue weighted by molar-refractivity contribution is 7.20. The summed E-state index contributed by atoms with van der Waals surface area (Å²) in [6, 6.07) is 11.6. The molecule has 2 rings (SSSR count). The third-order valence-electron chi connectivity index (χ3n) is 2.99. The van der Waals surface area contributed by atoms with E-state index in [0.29, 0.717) is 8.67 Å². The van der Waals surface area contributed by atoms with Crippen LogP contribution in [-0.4, -0.2) is 11.7 Å². The monoisotopic (exact) mass is 315 g/mol. The maximum absolute atomic E-state index is 9.53. The zero-order chi connectivity index (χ0) is 13.8. The molecule has 0 spiro atoms. The van der Waals surface area contributed by atoms with E-state index in [-0.39, 0.29) is 18.7 Å². The van der Waals surface area contributed by atoms with Crippen molar-refractivity contribution in [2.45, 2.75) is 19.0 Å². The van der Waals surface area contributed by atoms with Crippen molar-refractivity contribution in [2.24, 2.45) is 0 Å². The highest BCUT2D eigenvalue weighted by Gasteiger charge is 2.18. The van der Waals surface area contributed by atoms with Gasteiger partial charge in [-0.3, -0.25) is 0 Å². The van der Waals surface area contributed by atoms with Crippen molar-refractivity contribution in [3.8, 4) is 0 Å². The summed E-state index contributed by atoms with van der Waals surface area (Å²) in [6.45, 7) is 2.04. The number of hydrogen-bond donors (Lipinski definition) is 2. The van der Waals surface area contributed by atoms with Gasteiger partial charge in [-0.1, -0.05) is 53.5 Å². The summed E-state index contributed by atoms with van der Waals surface area (Å²) in [5.74, 6) is 0. The number of aliphatic hydroxyl groups is 1. The molecule has 0 radical (unpaired) electrons. The number of nitrogens with one attached hydrogen (secondary N) is 1. The van der Waals surface area contributed by atoms with Crippen LogP contribution in [0.25, 0.3) is 0 Å². The summed E-state index contributed by atoms with van der Waals surface area (Å²) in [6.07, 6.45) is 0. The molecule has 0 bridgehead atoms. The SMILES string of the molecule is CC(N[C@@H](CO)c1ccccc1)c1cc(Cl)sc1Cl. The zero-order valence-electron chi connectivity index (χ0n) is 10.4. The lowest BCUT2D eigenvalue weighted by atomic mass is 10.1. The molecule has 102 valence electrons. The second-order valence-corrected chi connectivity index (χ2v) is 6.60. The molecule has 1 aromatic heterocycles. The smallest absolute Gasteiger partial charge is 0.0991 e. The number of halogens is 2. The van der Waals surface area contributed by atoms with Gasteiger partial charge in [-0.2, -0.15) is 0 Å². The summed E-state index contributed by atoms with van der Waals surface area (Å²) < 4.78 is 1.36. The molecule has 0 saturated heterocycles. The molecule has 2 atom stereocenters. The number of aliphatic hydroxyl groups excluding tert-OH is 1. The Morgan fingerprint density at radius 3 is 2.47 bits per heavy atom. The first-order valence-corrected chi connectivity index (χ1v) is 7.55. The van der Waals surface area contributed by atoms with E-state index in [1.54, 1.807) is 0 Å². The first-order valence-electron chi connectivity index (χ1n) is 5.98. The van der Waals surface area contributed by atoms with E-state index in [2.05, 4.69) is 5.32 Å². The number of thiophene rings is 1. The molecule has 19 heavy (non-hydrogen) atoms. The van der Waals surface area contributed by atoms with Gasteiger partial charge >= 0.3 is 0 Å². The molecule has 2 nitrogen and oxygen atoms in total. The van der Waals surface area contributed by atoms with Crippen LogP contribution in [0, 0.1) is 0 Å². The van der Waals surface area contributed by atoms with Crippen LogP contribution in [0.3, 0.4) is 0 Å². The van der Waals surface area contributed by atoms with Crippen LogP contribution in [0.2, 0.25) is 8.67 Å². The van der Waals surface area contributed by atoms with Crippen molar-refractivity contribution in [2.75, 3.05) is 6.61 Å². The van der Waals surface area contributed by atoms with Gasteiger partial charge in [-0.15, -0.1) is 11.3 Å². The average molecular weight is 316 g/mol. The number of rotatable bonds is 5. The lowest BCUT2D eigenvalue weighted by molar-refractivity contribution is 0.235. The molecular weight excluding hydrogens is 301 g/mol. The van der Waals surface area contributed by atoms with Crippen molar-refractivity contribution >= 4 is 34.5 Å². The third kappa shape index (κ3) is 3.71. The third-order valence-corrected chi connectivity index (χ3v) is 4.50. The van der Waals surface area contributed by atoms with Gasteiger partial charge in [0.25, 0.3) is 0 Å². The van der Waals surface area contributed by atoms with Crippen LogP contribution in [0.1, 0.15) is 30.1 Å². The Bertz CT molecular complexity index is 529. The summed E-state index contributed by atoms with van der Waals surface area (Å²) in [4.78, 5) is 0. The Balaban J connectivity index is 2.13. The Labute approximate surface area is 127 Å². The van der Waals surface area contributed by atoms with E-state index in [9.17, 15) is 5.11 Å². The van der Waals surface area contributed by atoms with Gasteiger partial charge in [0.1, 0.15) is 0 Å². The van der Waals surface area contributed by atoms with E-state index in [1.807, 2.05) is 43.3 Å². The fraction of sp³-hybridized carbons (Fsp3) is 0.286. The van der Waals surface area contributed by atoms with Crippen LogP contribution in [0.4, 0.5) is 0 Å². The first-order chi connectivity index (χ1) is 9.11. The molecule has 0 fully saturated rings. The van der Waals surface area contributed by atoms with E-state index in [4.69, 9.17) is 23.2 Å². The minimum absolute atomic E-state index is 0.0219. The standard InChI is InChI=1S/C14H15Cl2NOS/c1-9(11-7-13(15)19-14(11)16)17-12(8-18)10-5-3-2-4-6-10/h2-7,9,12,17-18H,8H2,1H3/t9?,12-/m0/s1. The van der Waals surface area contributed by atoms with E-state index in [0.717, 1.165) is 11.1 Å². The topological polar surface area (TPSA) is 32.3 Å². The number of hydrogen-bond acceptors (Lipinski definition) is 3. The second-order valence-electron chi connectivity index (χ2n) is 4.31. The van der Waals surface area contributed by atoms with Gasteiger partial charge < -0.3 is 10.4 Å². The minimum Gasteiger partial charge on any atom is -0.394 e. The van der Waals surface area contributed by atoms with E-state index in [1.165, 1.54) is 11.3 Å². The number of benzene rings is 1. The maximum Gasteiger partial charge on any atom is 0.0991 e. The van der Waals surface area contributed by atoms with E-state index < -0.39 is 0 Å². The van der Waals surface area contributed by atoms with Crippen molar-refractivity contribution in [3.63, 3.8) is 0 Å². The molecule has 5 heteroatoms. The van der Waals surface area contributed by atoms with Gasteiger partial charge in [0, 0.05) is 6.04 Å². The van der Waals surface area contributed by atoms with Crippen LogP contribution in [0.15, 0.2) is 36.4 Å². The summed E-state index contributed by atoms with van der Waals surface area (Å²) in [7, 11) is 0. The van der Waals surface area contributed by atoms with Crippen LogP contribution < -0.4 is 5.32 Å². The lowest BCUT2D eigenvalue weighted by Crippen LogP contribution is -2.27. The van der Waals surface area contributed by atoms with Gasteiger partial charge in [0.2, 0.25) is 0 Å². The fourth-order valence-electron chi connectivity index (χ4n) is 1.98. The highest BCUT2D eigenvalue weighted by atomic mass is 35.5. The molecule has 2 aromatic rings. The van der Waals surface area contributed by atoms with Crippen LogP contribution in [-0.2, 0) is 0 Å². The largest absolute Gasteiger partial charge is 0.394 e. The van der Waals surface area contributed by atoms with Crippen molar-refractivity contribution in [1.29, 1.82) is 0 Å². The Morgan fingerprint density at radius 2 is 1.95 bits per heavy atom. The second kappa shape index (κ2) is 6.73. The van der Waals surface area contributed by atoms with Gasteiger partial charge in [-0.25, -0.2) is 0 Å². The fourth-order valence-corrected chi connectivity index (χ4v) is 3.63. The molecular formula is C14H15Cl2NOS. The lowest BCUT2D eigenvalue weighted by Gasteiger charge is -2.22. The quantitative estimate of drug-likeness (QED) is 0.855. The predicted molar refractivity (Wildman–Crippen MR) is 82.2 cm³/mol. The Morgan fingerprint density at radius 1 is 1.26 bits per heavy atom. The maximum atomic E-state index is 9.53. The van der Waals surface area contributed by atoms with Gasteiger partial charge in [-0.05, 0) is 24.1 Å². The van der Waals surface area contributed by atoms with Crippen molar-refractivity contribution in [3.05, 3.63) is 56.2 Å². The van der Waals surface area contributed by atoms with Gasteiger partial charge in [0.15, 0.2) is 0 Å². The molecule has 0 aliphatic heterocycles. The molecule has 1 unspecified atom stereocenters. The highest BCUT2D eigenvalue weighted by Crippen LogP contribution is 2.35. The summed E-state index contributed by atoms with van der Waals surface area (Å²) >= 11 is 13.5.